The number of nitrogens with two attached hydrogens (primary N) is 1. The van der Waals surface area contributed by atoms with Crippen LogP contribution < -0.4 is 11.1 Å². The lowest BCUT2D eigenvalue weighted by molar-refractivity contribution is 0.269. The van der Waals surface area contributed by atoms with Gasteiger partial charge in [-0.2, -0.15) is 15.2 Å². The summed E-state index contributed by atoms with van der Waals surface area (Å²) in [6, 6.07) is 0.352. The Morgan fingerprint density at radius 2 is 2.00 bits per heavy atom. The fraction of sp³-hybridized carbons (Fsp3) is 0.529. The highest BCUT2D eigenvalue weighted by atomic mass is 16.3. The van der Waals surface area contributed by atoms with Gasteiger partial charge < -0.3 is 16.2 Å². The molecule has 1 aliphatic carbocycles. The number of hydrogen-bond acceptors (Lipinski definition) is 7. The highest BCUT2D eigenvalue weighted by molar-refractivity contribution is 5.75. The van der Waals surface area contributed by atoms with Gasteiger partial charge in [-0.15, -0.1) is 0 Å². The maximum Gasteiger partial charge on any atom is 0.229 e. The third-order valence-corrected chi connectivity index (χ3v) is 4.92. The average molecular weight is 356 g/mol. The van der Waals surface area contributed by atoms with E-state index in [0.29, 0.717) is 24.5 Å². The molecule has 0 aliphatic heterocycles. The summed E-state index contributed by atoms with van der Waals surface area (Å²) in [4.78, 5) is 8.98. The first-order chi connectivity index (χ1) is 12.7. The molecule has 1 fully saturated rings. The summed E-state index contributed by atoms with van der Waals surface area (Å²) >= 11 is 0. The summed E-state index contributed by atoms with van der Waals surface area (Å²) in [7, 11) is 0. The maximum atomic E-state index is 8.97. The Hall–Kier alpha value is -2.52. The number of anilines is 2. The first kappa shape index (κ1) is 16.9. The molecule has 0 aromatic carbocycles. The minimum atomic E-state index is 0.0504. The van der Waals surface area contributed by atoms with E-state index in [4.69, 9.17) is 10.8 Å². The molecular formula is C17H24N8O. The van der Waals surface area contributed by atoms with E-state index in [1.807, 2.05) is 17.1 Å². The van der Waals surface area contributed by atoms with Gasteiger partial charge in [-0.05, 0) is 31.6 Å². The van der Waals surface area contributed by atoms with Crippen molar-refractivity contribution < 1.29 is 5.11 Å². The summed E-state index contributed by atoms with van der Waals surface area (Å²) in [5.74, 6) is 1.11. The van der Waals surface area contributed by atoms with Gasteiger partial charge in [0.05, 0.1) is 36.6 Å². The number of aromatic nitrogens is 6. The molecule has 9 heteroatoms. The minimum Gasteiger partial charge on any atom is -0.394 e. The van der Waals surface area contributed by atoms with Crippen LogP contribution in [0.5, 0.6) is 0 Å². The second kappa shape index (κ2) is 7.38. The standard InChI is InChI=1S/C17H24N8O/c18-14-3-1-12(2-4-14)10-25-16-13(8-21-25)7-19-17(23-16)22-15-9-20-24(11-15)5-6-26/h7-9,11-12,14,26H,1-6,10,18H2,(H,19,22,23). The molecule has 0 amide bonds. The lowest BCUT2D eigenvalue weighted by Crippen LogP contribution is -2.28. The molecule has 1 aliphatic rings. The van der Waals surface area contributed by atoms with Gasteiger partial charge in [0, 0.05) is 25.0 Å². The van der Waals surface area contributed by atoms with Crippen LogP contribution in [0.1, 0.15) is 25.7 Å². The number of hydrogen-bond donors (Lipinski definition) is 3. The molecule has 1 saturated carbocycles. The minimum absolute atomic E-state index is 0.0504. The number of nitrogens with one attached hydrogen (secondary N) is 1. The van der Waals surface area contributed by atoms with Gasteiger partial charge in [0.25, 0.3) is 0 Å². The highest BCUT2D eigenvalue weighted by Crippen LogP contribution is 2.25. The molecule has 4 N–H and O–H groups in total. The number of aliphatic hydroxyl groups is 1. The topological polar surface area (TPSA) is 120 Å². The van der Waals surface area contributed by atoms with Crippen molar-refractivity contribution >= 4 is 22.7 Å². The maximum absolute atomic E-state index is 8.97. The quantitative estimate of drug-likeness (QED) is 0.608. The van der Waals surface area contributed by atoms with E-state index in [0.717, 1.165) is 48.9 Å². The molecular weight excluding hydrogens is 332 g/mol. The van der Waals surface area contributed by atoms with Crippen LogP contribution in [-0.4, -0.2) is 47.3 Å². The van der Waals surface area contributed by atoms with Gasteiger partial charge in [0.15, 0.2) is 5.65 Å². The zero-order valence-electron chi connectivity index (χ0n) is 14.6. The molecule has 0 atom stereocenters. The lowest BCUT2D eigenvalue weighted by Gasteiger charge is -2.25. The molecule has 4 rings (SSSR count). The zero-order valence-corrected chi connectivity index (χ0v) is 14.6. The molecule has 3 heterocycles. The Balaban J connectivity index is 1.50. The molecule has 9 nitrogen and oxygen atoms in total. The largest absolute Gasteiger partial charge is 0.394 e. The summed E-state index contributed by atoms with van der Waals surface area (Å²) in [6.45, 7) is 1.37. The van der Waals surface area contributed by atoms with Crippen molar-refractivity contribution in [2.75, 3.05) is 11.9 Å². The SMILES string of the molecule is NC1CCC(Cn2ncc3cnc(Nc4cnn(CCO)c4)nc32)CC1. The van der Waals surface area contributed by atoms with E-state index in [9.17, 15) is 0 Å². The van der Waals surface area contributed by atoms with E-state index < -0.39 is 0 Å². The van der Waals surface area contributed by atoms with Crippen molar-refractivity contribution in [3.8, 4) is 0 Å². The van der Waals surface area contributed by atoms with Gasteiger partial charge >= 0.3 is 0 Å². The molecule has 0 bridgehead atoms. The fourth-order valence-corrected chi connectivity index (χ4v) is 3.46. The first-order valence-corrected chi connectivity index (χ1v) is 9.06. The molecule has 26 heavy (non-hydrogen) atoms. The fourth-order valence-electron chi connectivity index (χ4n) is 3.46. The van der Waals surface area contributed by atoms with Crippen molar-refractivity contribution in [2.45, 2.75) is 44.8 Å². The number of fused-ring (bicyclic) bond motifs is 1. The van der Waals surface area contributed by atoms with Crippen LogP contribution in [0.2, 0.25) is 0 Å². The molecule has 0 saturated heterocycles. The van der Waals surface area contributed by atoms with Crippen molar-refractivity contribution in [2.24, 2.45) is 11.7 Å². The van der Waals surface area contributed by atoms with Crippen LogP contribution in [0.15, 0.2) is 24.8 Å². The van der Waals surface area contributed by atoms with Crippen molar-refractivity contribution in [3.05, 3.63) is 24.8 Å². The molecule has 138 valence electrons. The summed E-state index contributed by atoms with van der Waals surface area (Å²) < 4.78 is 3.64. The Labute approximate surface area is 151 Å². The van der Waals surface area contributed by atoms with Crippen LogP contribution in [0.25, 0.3) is 11.0 Å². The van der Waals surface area contributed by atoms with Gasteiger partial charge in [0.2, 0.25) is 5.95 Å². The van der Waals surface area contributed by atoms with Gasteiger partial charge in [-0.25, -0.2) is 9.67 Å². The predicted octanol–water partition coefficient (Wildman–Crippen LogP) is 1.28. The van der Waals surface area contributed by atoms with E-state index in [2.05, 4.69) is 25.5 Å². The summed E-state index contributed by atoms with van der Waals surface area (Å²) in [5, 5.41) is 21.7. The normalized spacial score (nSPS) is 20.5. The van der Waals surface area contributed by atoms with Crippen molar-refractivity contribution in [1.82, 2.24) is 29.5 Å². The van der Waals surface area contributed by atoms with E-state index in [1.54, 1.807) is 17.1 Å². The van der Waals surface area contributed by atoms with Gasteiger partial charge in [-0.3, -0.25) is 4.68 Å². The summed E-state index contributed by atoms with van der Waals surface area (Å²) in [6.07, 6.45) is 11.5. The second-order valence-corrected chi connectivity index (χ2v) is 6.92. The van der Waals surface area contributed by atoms with E-state index in [1.165, 1.54) is 0 Å². The second-order valence-electron chi connectivity index (χ2n) is 6.92. The molecule has 3 aromatic heterocycles. The number of aliphatic hydroxyl groups excluding tert-OH is 1. The third kappa shape index (κ3) is 3.68. The summed E-state index contributed by atoms with van der Waals surface area (Å²) in [5.41, 5.74) is 7.62. The van der Waals surface area contributed by atoms with Crippen molar-refractivity contribution in [3.63, 3.8) is 0 Å². The van der Waals surface area contributed by atoms with Gasteiger partial charge in [0.1, 0.15) is 0 Å². The number of rotatable bonds is 6. The smallest absolute Gasteiger partial charge is 0.229 e. The zero-order chi connectivity index (χ0) is 17.9. The predicted molar refractivity (Wildman–Crippen MR) is 97.9 cm³/mol. The van der Waals surface area contributed by atoms with Gasteiger partial charge in [-0.1, -0.05) is 0 Å². The van der Waals surface area contributed by atoms with Crippen LogP contribution in [0, 0.1) is 5.92 Å². The van der Waals surface area contributed by atoms with Crippen LogP contribution in [-0.2, 0) is 13.1 Å². The molecule has 0 unspecified atom stereocenters. The number of nitrogens with zero attached hydrogens (tertiary/aromatic N) is 6. The van der Waals surface area contributed by atoms with E-state index >= 15 is 0 Å². The Morgan fingerprint density at radius 3 is 2.81 bits per heavy atom. The van der Waals surface area contributed by atoms with Crippen molar-refractivity contribution in [1.29, 1.82) is 0 Å². The Morgan fingerprint density at radius 1 is 1.15 bits per heavy atom. The first-order valence-electron chi connectivity index (χ1n) is 9.06. The molecule has 0 spiro atoms. The van der Waals surface area contributed by atoms with Crippen LogP contribution >= 0.6 is 0 Å². The highest BCUT2D eigenvalue weighted by Gasteiger charge is 2.20. The third-order valence-electron chi connectivity index (χ3n) is 4.92. The Bertz CT molecular complexity index is 865. The van der Waals surface area contributed by atoms with Crippen LogP contribution in [0.3, 0.4) is 0 Å². The Kier molecular flexibility index (Phi) is 4.81. The molecule has 0 radical (unpaired) electrons. The molecule has 3 aromatic rings. The van der Waals surface area contributed by atoms with E-state index in [-0.39, 0.29) is 6.61 Å². The average Bonchev–Trinajstić information content (AvgIpc) is 3.24. The van der Waals surface area contributed by atoms with Crippen LogP contribution in [0.4, 0.5) is 11.6 Å². The lowest BCUT2D eigenvalue weighted by atomic mass is 9.86. The monoisotopic (exact) mass is 356 g/mol.